The van der Waals surface area contributed by atoms with E-state index in [-0.39, 0.29) is 0 Å². The van der Waals surface area contributed by atoms with Gasteiger partial charge in [0.25, 0.3) is 0 Å². The Hall–Kier alpha value is -2.66. The SMILES string of the molecule is Cc1ccc(-c2nc(N/N=C\c3ccc(Cl)cc3Cl)sc2-c2ccccc2)cc1C. The first kappa shape index (κ1) is 20.6. The zero-order valence-electron chi connectivity index (χ0n) is 16.5. The Morgan fingerprint density at radius 2 is 1.70 bits per heavy atom. The Kier molecular flexibility index (Phi) is 6.18. The summed E-state index contributed by atoms with van der Waals surface area (Å²) in [6.45, 7) is 4.23. The number of nitrogens with one attached hydrogen (secondary N) is 1. The number of thiazole rings is 1. The minimum atomic E-state index is 0.549. The van der Waals surface area contributed by atoms with Gasteiger partial charge in [0.15, 0.2) is 0 Å². The average Bonchev–Trinajstić information content (AvgIpc) is 3.16. The highest BCUT2D eigenvalue weighted by molar-refractivity contribution is 7.19. The second-order valence-corrected chi connectivity index (χ2v) is 8.74. The van der Waals surface area contributed by atoms with E-state index >= 15 is 0 Å². The highest BCUT2D eigenvalue weighted by Gasteiger charge is 2.15. The van der Waals surface area contributed by atoms with E-state index in [0.29, 0.717) is 15.2 Å². The summed E-state index contributed by atoms with van der Waals surface area (Å²) in [5.74, 6) is 0. The van der Waals surface area contributed by atoms with Gasteiger partial charge in [-0.15, -0.1) is 0 Å². The van der Waals surface area contributed by atoms with Crippen molar-refractivity contribution in [2.45, 2.75) is 13.8 Å². The molecule has 30 heavy (non-hydrogen) atoms. The van der Waals surface area contributed by atoms with E-state index in [9.17, 15) is 0 Å². The molecule has 0 spiro atoms. The second kappa shape index (κ2) is 9.00. The average molecular weight is 452 g/mol. The Morgan fingerprint density at radius 3 is 2.43 bits per heavy atom. The number of nitrogens with zero attached hydrogens (tertiary/aromatic N) is 2. The van der Waals surface area contributed by atoms with Crippen molar-refractivity contribution in [1.82, 2.24) is 4.98 Å². The first-order valence-electron chi connectivity index (χ1n) is 9.39. The lowest BCUT2D eigenvalue weighted by atomic mass is 10.0. The third-order valence-electron chi connectivity index (χ3n) is 4.77. The standard InChI is InChI=1S/C24H19Cl2N3S/c1-15-8-9-18(12-16(15)2)22-23(17-6-4-3-5-7-17)30-24(28-22)29-27-14-19-10-11-20(25)13-21(19)26/h3-14H,1-2H3,(H,28,29)/b27-14-. The van der Waals surface area contributed by atoms with Crippen molar-refractivity contribution in [1.29, 1.82) is 0 Å². The molecule has 4 aromatic rings. The third kappa shape index (κ3) is 4.57. The lowest BCUT2D eigenvalue weighted by Gasteiger charge is -2.05. The van der Waals surface area contributed by atoms with Gasteiger partial charge in [0, 0.05) is 16.1 Å². The zero-order valence-corrected chi connectivity index (χ0v) is 18.8. The fraction of sp³-hybridized carbons (Fsp3) is 0.0833. The largest absolute Gasteiger partial charge is 0.253 e. The van der Waals surface area contributed by atoms with Gasteiger partial charge in [-0.05, 0) is 48.7 Å². The number of benzene rings is 3. The van der Waals surface area contributed by atoms with Gasteiger partial charge < -0.3 is 0 Å². The van der Waals surface area contributed by atoms with Gasteiger partial charge in [-0.2, -0.15) is 5.10 Å². The molecule has 0 fully saturated rings. The van der Waals surface area contributed by atoms with E-state index in [2.05, 4.69) is 54.7 Å². The molecule has 0 amide bonds. The molecule has 0 atom stereocenters. The number of hydrogen-bond donors (Lipinski definition) is 1. The molecule has 1 N–H and O–H groups in total. The van der Waals surface area contributed by atoms with Gasteiger partial charge in [0.1, 0.15) is 0 Å². The van der Waals surface area contributed by atoms with E-state index < -0.39 is 0 Å². The predicted molar refractivity (Wildman–Crippen MR) is 130 cm³/mol. The van der Waals surface area contributed by atoms with Crippen LogP contribution in [0.25, 0.3) is 21.7 Å². The van der Waals surface area contributed by atoms with Crippen LogP contribution in [-0.4, -0.2) is 11.2 Å². The third-order valence-corrected chi connectivity index (χ3v) is 6.34. The fourth-order valence-electron chi connectivity index (χ4n) is 3.00. The Balaban J connectivity index is 1.68. The quantitative estimate of drug-likeness (QED) is 0.247. The van der Waals surface area contributed by atoms with E-state index in [1.165, 1.54) is 11.1 Å². The van der Waals surface area contributed by atoms with Crippen LogP contribution in [0.4, 0.5) is 5.13 Å². The van der Waals surface area contributed by atoms with Crippen molar-refractivity contribution in [3.8, 4) is 21.7 Å². The van der Waals surface area contributed by atoms with Crippen LogP contribution in [0.15, 0.2) is 71.8 Å². The fourth-order valence-corrected chi connectivity index (χ4v) is 4.40. The number of hydrazone groups is 1. The van der Waals surface area contributed by atoms with Crippen LogP contribution in [0.5, 0.6) is 0 Å². The maximum atomic E-state index is 6.21. The molecule has 6 heteroatoms. The second-order valence-electron chi connectivity index (χ2n) is 6.90. The van der Waals surface area contributed by atoms with Crippen molar-refractivity contribution >= 4 is 45.9 Å². The van der Waals surface area contributed by atoms with Crippen molar-refractivity contribution in [2.75, 3.05) is 5.43 Å². The summed E-state index contributed by atoms with van der Waals surface area (Å²) in [6, 6.07) is 22.0. The van der Waals surface area contributed by atoms with Crippen LogP contribution in [0.2, 0.25) is 10.0 Å². The van der Waals surface area contributed by atoms with Crippen LogP contribution in [0, 0.1) is 13.8 Å². The van der Waals surface area contributed by atoms with Crippen LogP contribution in [0.1, 0.15) is 16.7 Å². The lowest BCUT2D eigenvalue weighted by molar-refractivity contribution is 1.28. The smallest absolute Gasteiger partial charge is 0.204 e. The minimum absolute atomic E-state index is 0.549. The molecule has 0 saturated heterocycles. The van der Waals surface area contributed by atoms with Gasteiger partial charge in [-0.3, -0.25) is 5.43 Å². The predicted octanol–water partition coefficient (Wildman–Crippen LogP) is 7.85. The summed E-state index contributed by atoms with van der Waals surface area (Å²) in [6.07, 6.45) is 1.66. The van der Waals surface area contributed by atoms with Crippen LogP contribution in [0.3, 0.4) is 0 Å². The van der Waals surface area contributed by atoms with E-state index in [1.807, 2.05) is 24.3 Å². The molecule has 1 aromatic heterocycles. The van der Waals surface area contributed by atoms with Gasteiger partial charge in [-0.25, -0.2) is 4.98 Å². The van der Waals surface area contributed by atoms with E-state index in [1.54, 1.807) is 29.7 Å². The van der Waals surface area contributed by atoms with Crippen molar-refractivity contribution in [3.63, 3.8) is 0 Å². The minimum Gasteiger partial charge on any atom is -0.253 e. The Labute approximate surface area is 190 Å². The molecule has 4 rings (SSSR count). The van der Waals surface area contributed by atoms with Gasteiger partial charge in [0.2, 0.25) is 5.13 Å². The summed E-state index contributed by atoms with van der Waals surface area (Å²) in [7, 11) is 0. The maximum absolute atomic E-state index is 6.21. The summed E-state index contributed by atoms with van der Waals surface area (Å²) in [4.78, 5) is 5.93. The molecule has 0 aliphatic carbocycles. The number of rotatable bonds is 5. The molecular formula is C24H19Cl2N3S. The highest BCUT2D eigenvalue weighted by Crippen LogP contribution is 2.39. The Bertz CT molecular complexity index is 1220. The summed E-state index contributed by atoms with van der Waals surface area (Å²) in [5, 5.41) is 6.17. The van der Waals surface area contributed by atoms with Crippen LogP contribution < -0.4 is 5.43 Å². The van der Waals surface area contributed by atoms with Crippen molar-refractivity contribution < 1.29 is 0 Å². The molecule has 0 aliphatic heterocycles. The molecule has 0 aliphatic rings. The Morgan fingerprint density at radius 1 is 0.900 bits per heavy atom. The van der Waals surface area contributed by atoms with E-state index in [0.717, 1.165) is 27.3 Å². The molecule has 0 saturated carbocycles. The maximum Gasteiger partial charge on any atom is 0.204 e. The van der Waals surface area contributed by atoms with Gasteiger partial charge in [-0.1, -0.05) is 83.1 Å². The number of anilines is 1. The first-order valence-corrected chi connectivity index (χ1v) is 11.0. The number of halogens is 2. The van der Waals surface area contributed by atoms with Gasteiger partial charge >= 0.3 is 0 Å². The normalized spacial score (nSPS) is 11.2. The topological polar surface area (TPSA) is 37.3 Å². The zero-order chi connectivity index (χ0) is 21.1. The van der Waals surface area contributed by atoms with Gasteiger partial charge in [0.05, 0.1) is 21.8 Å². The number of aromatic nitrogens is 1. The molecule has 1 heterocycles. The van der Waals surface area contributed by atoms with Crippen LogP contribution >= 0.6 is 34.5 Å². The lowest BCUT2D eigenvalue weighted by Crippen LogP contribution is -1.91. The van der Waals surface area contributed by atoms with Crippen LogP contribution in [-0.2, 0) is 0 Å². The molecule has 3 nitrogen and oxygen atoms in total. The van der Waals surface area contributed by atoms with E-state index in [4.69, 9.17) is 28.2 Å². The monoisotopic (exact) mass is 451 g/mol. The highest BCUT2D eigenvalue weighted by atomic mass is 35.5. The van der Waals surface area contributed by atoms with Crippen molar-refractivity contribution in [2.24, 2.45) is 5.10 Å². The molecule has 0 unspecified atom stereocenters. The first-order chi connectivity index (χ1) is 14.5. The summed E-state index contributed by atoms with van der Waals surface area (Å²) >= 11 is 13.7. The number of aryl methyl sites for hydroxylation is 2. The summed E-state index contributed by atoms with van der Waals surface area (Å²) in [5.41, 5.74) is 9.49. The number of hydrogen-bond acceptors (Lipinski definition) is 4. The molecule has 0 bridgehead atoms. The molecule has 0 radical (unpaired) electrons. The molecule has 150 valence electrons. The molecular weight excluding hydrogens is 433 g/mol. The van der Waals surface area contributed by atoms with Crippen molar-refractivity contribution in [3.05, 3.63) is 93.5 Å². The molecule has 3 aromatic carbocycles. The summed E-state index contributed by atoms with van der Waals surface area (Å²) < 4.78 is 0.